The molecule has 1 aromatic carbocycles. The molecule has 5 nitrogen and oxygen atoms in total. The van der Waals surface area contributed by atoms with Gasteiger partial charge in [-0.3, -0.25) is 4.79 Å². The van der Waals surface area contributed by atoms with Crippen LogP contribution in [0.15, 0.2) is 41.4 Å². The highest BCUT2D eigenvalue weighted by Gasteiger charge is 2.19. The smallest absolute Gasteiger partial charge is 0.259 e. The molecule has 0 aliphatic carbocycles. The zero-order chi connectivity index (χ0) is 21.2. The predicted octanol–water partition coefficient (Wildman–Crippen LogP) is 4.36. The lowest BCUT2D eigenvalue weighted by Gasteiger charge is -2.33. The molecule has 3 N–H and O–H groups in total. The molecular formula is C23H35N3O2S. The molecule has 29 heavy (non-hydrogen) atoms. The lowest BCUT2D eigenvalue weighted by atomic mass is 10.0. The number of allylic oxidation sites excluding steroid dienone is 1. The summed E-state index contributed by atoms with van der Waals surface area (Å²) in [6.07, 6.45) is 4.81. The number of ether oxygens (including phenoxy) is 1. The SMILES string of the molecule is C=C(S/C(C(=O)NCCCN1CCCCC1C)=C(/C)N)c1ccccc1OCC. The number of hydrogen-bond acceptors (Lipinski definition) is 5. The van der Waals surface area contributed by atoms with E-state index < -0.39 is 0 Å². The Labute approximate surface area is 179 Å². The maximum Gasteiger partial charge on any atom is 0.259 e. The number of benzene rings is 1. The van der Waals surface area contributed by atoms with Gasteiger partial charge in [-0.05, 0) is 52.6 Å². The first-order valence-electron chi connectivity index (χ1n) is 10.5. The summed E-state index contributed by atoms with van der Waals surface area (Å²) in [5, 5.41) is 3.02. The fraction of sp³-hybridized carbons (Fsp3) is 0.522. The Bertz CT molecular complexity index is 729. The average molecular weight is 418 g/mol. The van der Waals surface area contributed by atoms with Gasteiger partial charge in [-0.15, -0.1) is 0 Å². The summed E-state index contributed by atoms with van der Waals surface area (Å²) in [7, 11) is 0. The van der Waals surface area contributed by atoms with Gasteiger partial charge in [-0.25, -0.2) is 0 Å². The number of piperidine rings is 1. The number of carbonyl (C=O) groups is 1. The van der Waals surface area contributed by atoms with E-state index in [1.165, 1.54) is 31.0 Å². The summed E-state index contributed by atoms with van der Waals surface area (Å²) < 4.78 is 5.68. The topological polar surface area (TPSA) is 67.6 Å². The molecule has 160 valence electrons. The molecular weight excluding hydrogens is 382 g/mol. The Hall–Kier alpha value is -1.92. The monoisotopic (exact) mass is 417 g/mol. The van der Waals surface area contributed by atoms with Gasteiger partial charge in [-0.2, -0.15) is 0 Å². The number of para-hydroxylation sites is 1. The highest BCUT2D eigenvalue weighted by Crippen LogP contribution is 2.37. The van der Waals surface area contributed by atoms with E-state index in [2.05, 4.69) is 23.7 Å². The van der Waals surface area contributed by atoms with Crippen LogP contribution in [0.25, 0.3) is 4.91 Å². The van der Waals surface area contributed by atoms with Gasteiger partial charge in [-0.1, -0.05) is 43.0 Å². The van der Waals surface area contributed by atoms with Crippen LogP contribution in [0.5, 0.6) is 5.75 Å². The molecule has 0 aromatic heterocycles. The Morgan fingerprint density at radius 2 is 2.14 bits per heavy atom. The van der Waals surface area contributed by atoms with Gasteiger partial charge in [0.1, 0.15) is 5.75 Å². The lowest BCUT2D eigenvalue weighted by molar-refractivity contribution is -0.116. The lowest BCUT2D eigenvalue weighted by Crippen LogP contribution is -2.39. The molecule has 1 aliphatic heterocycles. The molecule has 6 heteroatoms. The number of amides is 1. The first kappa shape index (κ1) is 23.4. The first-order valence-corrected chi connectivity index (χ1v) is 11.3. The quantitative estimate of drug-likeness (QED) is 0.437. The predicted molar refractivity (Wildman–Crippen MR) is 124 cm³/mol. The molecule has 1 unspecified atom stereocenters. The minimum atomic E-state index is -0.142. The number of rotatable bonds is 10. The van der Waals surface area contributed by atoms with Crippen LogP contribution < -0.4 is 15.8 Å². The van der Waals surface area contributed by atoms with E-state index in [9.17, 15) is 4.79 Å². The van der Waals surface area contributed by atoms with Crippen LogP contribution in [-0.4, -0.2) is 43.1 Å². The van der Waals surface area contributed by atoms with Crippen molar-refractivity contribution >= 4 is 22.6 Å². The molecule has 0 spiro atoms. The third-order valence-corrected chi connectivity index (χ3v) is 6.30. The van der Waals surface area contributed by atoms with E-state index in [-0.39, 0.29) is 5.91 Å². The van der Waals surface area contributed by atoms with Gasteiger partial charge in [0.05, 0.1) is 11.5 Å². The zero-order valence-electron chi connectivity index (χ0n) is 18.0. The van der Waals surface area contributed by atoms with Crippen LogP contribution in [0.3, 0.4) is 0 Å². The molecule has 1 fully saturated rings. The van der Waals surface area contributed by atoms with E-state index in [1.54, 1.807) is 6.92 Å². The second kappa shape index (κ2) is 11.9. The van der Waals surface area contributed by atoms with Crippen LogP contribution >= 0.6 is 11.8 Å². The molecule has 1 saturated heterocycles. The zero-order valence-corrected chi connectivity index (χ0v) is 18.8. The summed E-state index contributed by atoms with van der Waals surface area (Å²) >= 11 is 1.30. The van der Waals surface area contributed by atoms with Crippen LogP contribution in [0.1, 0.15) is 52.0 Å². The molecule has 0 radical (unpaired) electrons. The summed E-state index contributed by atoms with van der Waals surface area (Å²) in [5.41, 5.74) is 7.39. The fourth-order valence-electron chi connectivity index (χ4n) is 3.52. The van der Waals surface area contributed by atoms with E-state index in [1.807, 2.05) is 31.2 Å². The number of carbonyl (C=O) groups excluding carboxylic acids is 1. The Morgan fingerprint density at radius 1 is 1.38 bits per heavy atom. The Morgan fingerprint density at radius 3 is 2.83 bits per heavy atom. The molecule has 0 saturated carbocycles. The number of nitrogens with two attached hydrogens (primary N) is 1. The Balaban J connectivity index is 1.89. The maximum absolute atomic E-state index is 12.7. The average Bonchev–Trinajstić information content (AvgIpc) is 2.70. The highest BCUT2D eigenvalue weighted by atomic mass is 32.2. The third-order valence-electron chi connectivity index (χ3n) is 5.13. The standard InChI is InChI=1S/C23H35N3O2S/c1-5-28-21-13-7-6-12-20(21)19(4)29-22(18(3)24)23(27)25-14-10-16-26-15-9-8-11-17(26)2/h6-7,12-13,17H,4-5,8-11,14-16,24H2,1-3H3,(H,25,27)/b22-18-. The number of hydrogen-bond donors (Lipinski definition) is 2. The van der Waals surface area contributed by atoms with E-state index in [0.717, 1.165) is 35.7 Å². The molecule has 1 atom stereocenters. The Kier molecular flexibility index (Phi) is 9.61. The van der Waals surface area contributed by atoms with Gasteiger partial charge in [0, 0.05) is 35.3 Å². The van der Waals surface area contributed by atoms with Crippen molar-refractivity contribution in [2.45, 2.75) is 52.5 Å². The van der Waals surface area contributed by atoms with Gasteiger partial charge < -0.3 is 20.7 Å². The first-order chi connectivity index (χ1) is 13.9. The number of nitrogens with one attached hydrogen (secondary N) is 1. The van der Waals surface area contributed by atoms with E-state index in [4.69, 9.17) is 10.5 Å². The molecule has 2 rings (SSSR count). The van der Waals surface area contributed by atoms with Crippen molar-refractivity contribution in [1.82, 2.24) is 10.2 Å². The second-order valence-electron chi connectivity index (χ2n) is 7.46. The molecule has 0 bridgehead atoms. The summed E-state index contributed by atoms with van der Waals surface area (Å²) in [6, 6.07) is 8.36. The van der Waals surface area contributed by atoms with Crippen LogP contribution in [0.4, 0.5) is 0 Å². The van der Waals surface area contributed by atoms with Gasteiger partial charge in [0.25, 0.3) is 5.91 Å². The van der Waals surface area contributed by atoms with E-state index in [0.29, 0.717) is 29.8 Å². The molecule has 1 aromatic rings. The maximum atomic E-state index is 12.7. The van der Waals surface area contributed by atoms with Crippen molar-refractivity contribution in [1.29, 1.82) is 0 Å². The van der Waals surface area contributed by atoms with Crippen molar-refractivity contribution in [3.8, 4) is 5.75 Å². The summed E-state index contributed by atoms with van der Waals surface area (Å²) in [5.74, 6) is 0.620. The molecule has 1 aliphatic rings. The normalized spacial score (nSPS) is 18.1. The molecule has 1 heterocycles. The summed E-state index contributed by atoms with van der Waals surface area (Å²) in [4.78, 5) is 16.5. The van der Waals surface area contributed by atoms with Crippen molar-refractivity contribution in [3.05, 3.63) is 47.0 Å². The minimum Gasteiger partial charge on any atom is -0.493 e. The number of thioether (sulfide) groups is 1. The van der Waals surface area contributed by atoms with E-state index >= 15 is 0 Å². The van der Waals surface area contributed by atoms with Crippen molar-refractivity contribution < 1.29 is 9.53 Å². The largest absolute Gasteiger partial charge is 0.493 e. The van der Waals surface area contributed by atoms with Gasteiger partial charge in [0.15, 0.2) is 0 Å². The third kappa shape index (κ3) is 7.12. The van der Waals surface area contributed by atoms with Crippen LogP contribution in [0, 0.1) is 0 Å². The van der Waals surface area contributed by atoms with Crippen LogP contribution in [-0.2, 0) is 4.79 Å². The second-order valence-corrected chi connectivity index (χ2v) is 8.56. The van der Waals surface area contributed by atoms with Crippen molar-refractivity contribution in [2.24, 2.45) is 5.73 Å². The minimum absolute atomic E-state index is 0.142. The molecule has 1 amide bonds. The van der Waals surface area contributed by atoms with Crippen LogP contribution in [0.2, 0.25) is 0 Å². The van der Waals surface area contributed by atoms with Gasteiger partial charge in [0.2, 0.25) is 0 Å². The van der Waals surface area contributed by atoms with Crippen molar-refractivity contribution in [3.63, 3.8) is 0 Å². The fourth-order valence-corrected chi connectivity index (χ4v) is 4.37. The highest BCUT2D eigenvalue weighted by molar-refractivity contribution is 8.12. The van der Waals surface area contributed by atoms with Gasteiger partial charge >= 0.3 is 0 Å². The number of nitrogens with zero attached hydrogens (tertiary/aromatic N) is 1. The van der Waals surface area contributed by atoms with Crippen molar-refractivity contribution in [2.75, 3.05) is 26.2 Å². The number of likely N-dealkylation sites (tertiary alicyclic amines) is 1. The summed E-state index contributed by atoms with van der Waals surface area (Å²) in [6.45, 7) is 13.5.